The van der Waals surface area contributed by atoms with Gasteiger partial charge in [0.15, 0.2) is 0 Å². The van der Waals surface area contributed by atoms with E-state index < -0.39 is 11.9 Å². The molecule has 8 nitrogen and oxygen atoms in total. The number of carbonyl (C=O) groups is 2. The molecule has 1 atom stereocenters. The third kappa shape index (κ3) is 8.39. The molecule has 0 unspecified atom stereocenters. The minimum atomic E-state index is -0.894. The first-order valence-corrected chi connectivity index (χ1v) is 15.9. The molecule has 1 aromatic heterocycles. The Hall–Kier alpha value is -4.43. The number of primary amides is 1. The topological polar surface area (TPSA) is 112 Å². The van der Waals surface area contributed by atoms with Crippen molar-refractivity contribution in [1.82, 2.24) is 4.98 Å². The summed E-state index contributed by atoms with van der Waals surface area (Å²) in [7, 11) is 4.37. The quantitative estimate of drug-likeness (QED) is 0.0964. The third-order valence-electron chi connectivity index (χ3n) is 8.34. The molecule has 0 bridgehead atoms. The number of benzene rings is 3. The van der Waals surface area contributed by atoms with Gasteiger partial charge in [-0.25, -0.2) is 4.98 Å². The molecular formula is C37H46N3O5+. The number of unbranched alkanes of at least 4 members (excludes halogenated alkanes) is 1. The number of aryl methyl sites for hydroxylation is 1. The number of ether oxygens (including phenoxy) is 2. The lowest BCUT2D eigenvalue weighted by atomic mass is 9.89. The fourth-order valence-corrected chi connectivity index (χ4v) is 5.96. The molecule has 1 heterocycles. The number of amides is 1. The SMILES string of the molecule is CCCCc1cc2ccccc2c(OCC[N+](C)(C)[C@@H](CC)c2ccc(C(N)=O)c(OCCCC(=O)O)c2-c2ccccc2)n1. The number of nitrogens with two attached hydrogens (primary N) is 1. The summed E-state index contributed by atoms with van der Waals surface area (Å²) >= 11 is 0. The molecule has 3 aromatic carbocycles. The van der Waals surface area contributed by atoms with Gasteiger partial charge in [0.25, 0.3) is 5.91 Å². The van der Waals surface area contributed by atoms with Gasteiger partial charge in [-0.05, 0) is 48.4 Å². The van der Waals surface area contributed by atoms with Crippen molar-refractivity contribution in [2.45, 2.75) is 58.4 Å². The summed E-state index contributed by atoms with van der Waals surface area (Å²) in [5, 5.41) is 11.3. The first-order valence-electron chi connectivity index (χ1n) is 15.9. The van der Waals surface area contributed by atoms with E-state index in [-0.39, 0.29) is 24.6 Å². The van der Waals surface area contributed by atoms with Gasteiger partial charge in [-0.1, -0.05) is 74.9 Å². The fourth-order valence-electron chi connectivity index (χ4n) is 5.96. The summed E-state index contributed by atoms with van der Waals surface area (Å²) in [6.07, 6.45) is 4.20. The lowest BCUT2D eigenvalue weighted by Crippen LogP contribution is -2.46. The smallest absolute Gasteiger partial charge is 0.303 e. The van der Waals surface area contributed by atoms with Crippen molar-refractivity contribution in [3.8, 4) is 22.8 Å². The van der Waals surface area contributed by atoms with Gasteiger partial charge >= 0.3 is 5.97 Å². The lowest BCUT2D eigenvalue weighted by Gasteiger charge is -2.39. The number of aromatic nitrogens is 1. The van der Waals surface area contributed by atoms with Crippen LogP contribution in [-0.2, 0) is 11.2 Å². The molecule has 4 aromatic rings. The summed E-state index contributed by atoms with van der Waals surface area (Å²) in [4.78, 5) is 28.6. The van der Waals surface area contributed by atoms with Crippen LogP contribution in [0.1, 0.15) is 73.6 Å². The first kappa shape index (κ1) is 33.5. The number of carboxylic acids is 1. The van der Waals surface area contributed by atoms with Gasteiger partial charge in [0.2, 0.25) is 5.88 Å². The molecule has 8 heteroatoms. The summed E-state index contributed by atoms with van der Waals surface area (Å²) in [6.45, 7) is 5.66. The monoisotopic (exact) mass is 612 g/mol. The number of nitrogens with zero attached hydrogens (tertiary/aromatic N) is 2. The lowest BCUT2D eigenvalue weighted by molar-refractivity contribution is -0.921. The normalized spacial score (nSPS) is 12.2. The Morgan fingerprint density at radius 3 is 2.36 bits per heavy atom. The second kappa shape index (κ2) is 15.5. The Labute approximate surface area is 266 Å². The van der Waals surface area contributed by atoms with E-state index in [1.807, 2.05) is 48.5 Å². The van der Waals surface area contributed by atoms with E-state index in [0.717, 1.165) is 58.8 Å². The molecule has 0 aliphatic rings. The van der Waals surface area contributed by atoms with Gasteiger partial charge in [0.1, 0.15) is 24.9 Å². The highest BCUT2D eigenvalue weighted by Gasteiger charge is 2.33. The number of carbonyl (C=O) groups excluding carboxylic acids is 1. The third-order valence-corrected chi connectivity index (χ3v) is 8.34. The molecule has 45 heavy (non-hydrogen) atoms. The number of aliphatic carboxylic acids is 1. The molecule has 0 radical (unpaired) electrons. The van der Waals surface area contributed by atoms with E-state index in [9.17, 15) is 9.59 Å². The van der Waals surface area contributed by atoms with Crippen LogP contribution in [0.5, 0.6) is 11.6 Å². The van der Waals surface area contributed by atoms with Crippen molar-refractivity contribution < 1.29 is 28.7 Å². The number of likely N-dealkylation sites (N-methyl/N-ethyl adjacent to an activating group) is 1. The molecule has 0 spiro atoms. The molecule has 238 valence electrons. The van der Waals surface area contributed by atoms with Crippen LogP contribution in [0.3, 0.4) is 0 Å². The van der Waals surface area contributed by atoms with Crippen molar-refractivity contribution >= 4 is 22.6 Å². The number of pyridine rings is 1. The zero-order valence-electron chi connectivity index (χ0n) is 26.9. The molecule has 0 saturated heterocycles. The summed E-state index contributed by atoms with van der Waals surface area (Å²) in [5.41, 5.74) is 9.87. The number of fused-ring (bicyclic) bond motifs is 1. The van der Waals surface area contributed by atoms with Gasteiger partial charge in [-0.3, -0.25) is 9.59 Å². The Morgan fingerprint density at radius 2 is 1.67 bits per heavy atom. The predicted molar refractivity (Wildman–Crippen MR) is 179 cm³/mol. The number of hydrogen-bond acceptors (Lipinski definition) is 5. The summed E-state index contributed by atoms with van der Waals surface area (Å²) < 4.78 is 13.2. The van der Waals surface area contributed by atoms with Crippen LogP contribution in [-0.4, -0.2) is 60.3 Å². The van der Waals surface area contributed by atoms with Crippen LogP contribution in [0.25, 0.3) is 21.9 Å². The van der Waals surface area contributed by atoms with Crippen LogP contribution in [0.4, 0.5) is 0 Å². The predicted octanol–water partition coefficient (Wildman–Crippen LogP) is 7.19. The highest BCUT2D eigenvalue weighted by molar-refractivity contribution is 5.99. The van der Waals surface area contributed by atoms with E-state index >= 15 is 0 Å². The standard InChI is InChI=1S/C37H45N3O5/c1-5-7-17-28-25-27-16-11-12-18-29(27)37(39-28)45-24-22-40(3,4)32(6-2)30-20-21-31(36(38)43)35(44-23-13-19-33(41)42)34(30)26-14-9-8-10-15-26/h8-12,14-16,18,20-21,25,32H,5-7,13,17,19,22-24H2,1-4H3,(H2-,38,41,42,43)/p+1/t32-/m0/s1. The van der Waals surface area contributed by atoms with Crippen LogP contribution >= 0.6 is 0 Å². The highest BCUT2D eigenvalue weighted by atomic mass is 16.5. The number of rotatable bonds is 17. The fraction of sp³-hybridized carbons (Fsp3) is 0.378. The van der Waals surface area contributed by atoms with Gasteiger partial charge in [0.05, 0.1) is 26.3 Å². The van der Waals surface area contributed by atoms with Crippen molar-refractivity contribution in [1.29, 1.82) is 0 Å². The minimum Gasteiger partial charge on any atom is -0.492 e. The van der Waals surface area contributed by atoms with E-state index in [1.54, 1.807) is 6.07 Å². The molecule has 1 amide bonds. The van der Waals surface area contributed by atoms with Crippen molar-refractivity contribution in [3.05, 3.63) is 89.6 Å². The van der Waals surface area contributed by atoms with Crippen LogP contribution in [0.2, 0.25) is 0 Å². The average molecular weight is 613 g/mol. The van der Waals surface area contributed by atoms with Crippen LogP contribution < -0.4 is 15.2 Å². The molecule has 3 N–H and O–H groups in total. The first-order chi connectivity index (χ1) is 21.7. The number of hydrogen-bond donors (Lipinski definition) is 2. The molecule has 0 saturated carbocycles. The molecule has 4 rings (SSSR count). The van der Waals surface area contributed by atoms with Gasteiger partial charge < -0.3 is 24.8 Å². The maximum Gasteiger partial charge on any atom is 0.303 e. The molecule has 0 aliphatic heterocycles. The van der Waals surface area contributed by atoms with E-state index in [2.05, 4.69) is 46.1 Å². The summed E-state index contributed by atoms with van der Waals surface area (Å²) in [6, 6.07) is 23.9. The van der Waals surface area contributed by atoms with Crippen molar-refractivity contribution in [2.24, 2.45) is 5.73 Å². The van der Waals surface area contributed by atoms with Crippen molar-refractivity contribution in [2.75, 3.05) is 33.9 Å². The second-order valence-electron chi connectivity index (χ2n) is 12.0. The average Bonchev–Trinajstić information content (AvgIpc) is 3.02. The summed E-state index contributed by atoms with van der Waals surface area (Å²) in [5.74, 6) is -0.428. The van der Waals surface area contributed by atoms with Gasteiger partial charge in [-0.15, -0.1) is 0 Å². The van der Waals surface area contributed by atoms with E-state index in [0.29, 0.717) is 35.7 Å². The maximum absolute atomic E-state index is 12.6. The second-order valence-corrected chi connectivity index (χ2v) is 12.0. The zero-order valence-corrected chi connectivity index (χ0v) is 26.9. The highest BCUT2D eigenvalue weighted by Crippen LogP contribution is 2.43. The Balaban J connectivity index is 1.66. The van der Waals surface area contributed by atoms with E-state index in [4.69, 9.17) is 25.3 Å². The van der Waals surface area contributed by atoms with Crippen LogP contribution in [0, 0.1) is 0 Å². The largest absolute Gasteiger partial charge is 0.492 e. The van der Waals surface area contributed by atoms with Crippen LogP contribution in [0.15, 0.2) is 72.8 Å². The molecular weight excluding hydrogens is 566 g/mol. The van der Waals surface area contributed by atoms with Crippen molar-refractivity contribution in [3.63, 3.8) is 0 Å². The Morgan fingerprint density at radius 1 is 0.933 bits per heavy atom. The van der Waals surface area contributed by atoms with E-state index in [1.165, 1.54) is 0 Å². The van der Waals surface area contributed by atoms with Gasteiger partial charge in [0, 0.05) is 35.0 Å². The maximum atomic E-state index is 12.6. The molecule has 0 aliphatic carbocycles. The minimum absolute atomic E-state index is 0.0210. The molecule has 0 fully saturated rings. The number of quaternary nitrogens is 1. The Bertz CT molecular complexity index is 1600. The number of carboxylic acid groups (broad SMARTS) is 1. The Kier molecular flexibility index (Phi) is 11.5. The van der Waals surface area contributed by atoms with Gasteiger partial charge in [-0.2, -0.15) is 0 Å². The zero-order chi connectivity index (χ0) is 32.4.